The van der Waals surface area contributed by atoms with Crippen molar-refractivity contribution in [2.45, 2.75) is 102 Å². The third kappa shape index (κ3) is 4.36. The molecule has 1 saturated carbocycles. The highest BCUT2D eigenvalue weighted by molar-refractivity contribution is 6.90. The minimum absolute atomic E-state index is 0.303. The van der Waals surface area contributed by atoms with Crippen molar-refractivity contribution in [3.63, 3.8) is 0 Å². The van der Waals surface area contributed by atoms with Gasteiger partial charge < -0.3 is 15.2 Å². The van der Waals surface area contributed by atoms with Gasteiger partial charge in [0.15, 0.2) is 0 Å². The molecule has 6 nitrogen and oxygen atoms in total. The number of hydrogen-bond donors (Lipinski definition) is 1. The molecule has 0 radical (unpaired) electrons. The van der Waals surface area contributed by atoms with Crippen molar-refractivity contribution >= 4 is 25.0 Å². The minimum Gasteiger partial charge on any atom is -0.331 e. The number of benzene rings is 2. The Kier molecular flexibility index (Phi) is 6.50. The zero-order valence-corrected chi connectivity index (χ0v) is 29.1. The molecular formula is C39H47N5OSi. The Labute approximate surface area is 279 Å². The topological polar surface area (TPSA) is 77.0 Å². The van der Waals surface area contributed by atoms with Crippen LogP contribution in [0.25, 0.3) is 22.2 Å². The Bertz CT molecular complexity index is 2000. The predicted molar refractivity (Wildman–Crippen MR) is 189 cm³/mol. The van der Waals surface area contributed by atoms with Gasteiger partial charge in [-0.15, -0.1) is 5.54 Å². The molecule has 3 aliphatic rings. The van der Waals surface area contributed by atoms with Crippen LogP contribution in [0.4, 0.5) is 0 Å². The van der Waals surface area contributed by atoms with E-state index in [1.54, 1.807) is 6.07 Å². The van der Waals surface area contributed by atoms with E-state index in [0.717, 1.165) is 56.7 Å². The zero-order chi connectivity index (χ0) is 35.2. The number of nitrogens with zero attached hydrogens (tertiary/aromatic N) is 4. The van der Waals surface area contributed by atoms with E-state index >= 15 is 0 Å². The second-order valence-corrected chi connectivity index (χ2v) is 20.4. The molecule has 7 heteroatoms. The maximum Gasteiger partial charge on any atom is 0.254 e. The fourth-order valence-corrected chi connectivity index (χ4v) is 14.0. The summed E-state index contributed by atoms with van der Waals surface area (Å²) in [6.07, 6.45) is 4.37. The second kappa shape index (κ2) is 10.9. The molecule has 1 amide bonds. The Balaban J connectivity index is 1.40. The number of carbonyl (C=O) groups is 1. The van der Waals surface area contributed by atoms with E-state index in [2.05, 4.69) is 76.6 Å². The van der Waals surface area contributed by atoms with Gasteiger partial charge in [0, 0.05) is 46.0 Å². The molecule has 0 spiro atoms. The Hall–Kier alpha value is -3.73. The van der Waals surface area contributed by atoms with Gasteiger partial charge >= 0.3 is 0 Å². The van der Waals surface area contributed by atoms with E-state index in [0.29, 0.717) is 40.4 Å². The van der Waals surface area contributed by atoms with Crippen molar-refractivity contribution in [1.29, 1.82) is 0 Å². The highest BCUT2D eigenvalue weighted by Gasteiger charge is 2.46. The number of carbonyl (C=O) groups excluding carboxylic acids is 1. The highest BCUT2D eigenvalue weighted by Crippen LogP contribution is 2.49. The largest absolute Gasteiger partial charge is 0.331 e. The van der Waals surface area contributed by atoms with Gasteiger partial charge in [0.25, 0.3) is 5.91 Å². The Morgan fingerprint density at radius 1 is 1.02 bits per heavy atom. The van der Waals surface area contributed by atoms with Crippen LogP contribution in [0.5, 0.6) is 0 Å². The van der Waals surface area contributed by atoms with Gasteiger partial charge in [-0.2, -0.15) is 0 Å². The van der Waals surface area contributed by atoms with Crippen LogP contribution >= 0.6 is 0 Å². The summed E-state index contributed by atoms with van der Waals surface area (Å²) in [5, 5.41) is 0. The van der Waals surface area contributed by atoms with Crippen molar-refractivity contribution in [3.05, 3.63) is 82.9 Å². The van der Waals surface area contributed by atoms with Crippen molar-refractivity contribution < 1.29 is 8.91 Å². The van der Waals surface area contributed by atoms with Gasteiger partial charge in [-0.1, -0.05) is 72.6 Å². The molecule has 2 aromatic carbocycles. The first kappa shape index (κ1) is 27.4. The average Bonchev–Trinajstić information content (AvgIpc) is 3.55. The normalized spacial score (nSPS) is 25.0. The molecule has 2 aliphatic heterocycles. The summed E-state index contributed by atoms with van der Waals surface area (Å²) in [4.78, 5) is 25.1. The molecule has 4 aromatic rings. The molecule has 46 heavy (non-hydrogen) atoms. The van der Waals surface area contributed by atoms with Crippen LogP contribution in [0, 0.1) is 17.4 Å². The SMILES string of the molecule is [2H]C([2H])([2H])N1C(=O)c2cccc(C#C[Si](C(C)C)(C(C)C)C(C)C)c2[C@H]2C[C@@H]1c1nc3ccc(-c4ccc(C5(N)CCC5C)nc4)cc3n12. The molecule has 238 valence electrons. The van der Waals surface area contributed by atoms with Crippen LogP contribution in [-0.2, 0) is 5.54 Å². The van der Waals surface area contributed by atoms with E-state index in [4.69, 9.17) is 19.8 Å². The third-order valence-corrected chi connectivity index (χ3v) is 18.0. The van der Waals surface area contributed by atoms with Crippen molar-refractivity contribution in [2.24, 2.45) is 11.7 Å². The van der Waals surface area contributed by atoms with Crippen LogP contribution in [0.3, 0.4) is 0 Å². The minimum atomic E-state index is -2.64. The fourth-order valence-electron chi connectivity index (χ4n) is 8.81. The quantitative estimate of drug-likeness (QED) is 0.177. The van der Waals surface area contributed by atoms with Crippen LogP contribution in [0.15, 0.2) is 54.7 Å². The highest BCUT2D eigenvalue weighted by atomic mass is 28.3. The first-order valence-corrected chi connectivity index (χ1v) is 19.1. The number of rotatable bonds is 5. The van der Waals surface area contributed by atoms with E-state index in [9.17, 15) is 4.79 Å². The number of hydrogen-bond acceptors (Lipinski definition) is 4. The lowest BCUT2D eigenvalue weighted by Crippen LogP contribution is -2.51. The van der Waals surface area contributed by atoms with Crippen LogP contribution in [0.1, 0.15) is 117 Å². The summed E-state index contributed by atoms with van der Waals surface area (Å²) in [5.41, 5.74) is 18.1. The van der Waals surface area contributed by atoms with E-state index < -0.39 is 27.0 Å². The maximum atomic E-state index is 14.2. The summed E-state index contributed by atoms with van der Waals surface area (Å²) in [6, 6.07) is 14.9. The molecule has 4 heterocycles. The summed E-state index contributed by atoms with van der Waals surface area (Å²) in [7, 11) is -2.10. The molecule has 0 saturated heterocycles. The Morgan fingerprint density at radius 3 is 2.37 bits per heavy atom. The summed E-state index contributed by atoms with van der Waals surface area (Å²) in [6.45, 7) is 13.3. The lowest BCUT2D eigenvalue weighted by Gasteiger charge is -2.44. The van der Waals surface area contributed by atoms with Gasteiger partial charge in [0.2, 0.25) is 0 Å². The van der Waals surface area contributed by atoms with Gasteiger partial charge in [-0.05, 0) is 71.3 Å². The van der Waals surface area contributed by atoms with E-state index in [1.165, 1.54) is 0 Å². The monoisotopic (exact) mass is 632 g/mol. The van der Waals surface area contributed by atoms with Crippen molar-refractivity contribution in [1.82, 2.24) is 19.4 Å². The molecular weight excluding hydrogens is 583 g/mol. The molecule has 4 atom stereocenters. The standard InChI is InChI=1S/C39H47N5OSi/c1-23(2)46(24(3)4,25(5)6)19-17-27-10-9-11-30-36(27)33-21-34(43(8)38(30)45)37-42-31-14-12-28(20-32(31)44(33)37)29-13-15-35(41-22-29)39(40)18-16-26(39)7/h9-15,20,22-26,33-34H,16,18,21,40H2,1-8H3/t26?,33-,34-,39?/m1/s1/i8D3. The lowest BCUT2D eigenvalue weighted by atomic mass is 9.66. The summed E-state index contributed by atoms with van der Waals surface area (Å²) in [5.74, 6) is 4.14. The molecule has 1 fully saturated rings. The Morgan fingerprint density at radius 2 is 1.76 bits per heavy atom. The molecule has 2 aromatic heterocycles. The number of amides is 1. The maximum absolute atomic E-state index is 14.2. The predicted octanol–water partition coefficient (Wildman–Crippen LogP) is 8.37. The summed E-state index contributed by atoms with van der Waals surface area (Å²) >= 11 is 0. The first-order valence-electron chi connectivity index (χ1n) is 18.4. The average molecular weight is 633 g/mol. The van der Waals surface area contributed by atoms with E-state index in [1.807, 2.05) is 36.5 Å². The molecule has 2 unspecified atom stereocenters. The second-order valence-electron chi connectivity index (χ2n) is 14.8. The number of nitrogens with two attached hydrogens (primary N) is 1. The number of pyridine rings is 1. The van der Waals surface area contributed by atoms with Crippen LogP contribution in [0.2, 0.25) is 16.6 Å². The van der Waals surface area contributed by atoms with Gasteiger partial charge in [0.05, 0.1) is 34.3 Å². The van der Waals surface area contributed by atoms with E-state index in [-0.39, 0.29) is 11.6 Å². The zero-order valence-electron chi connectivity index (χ0n) is 31.1. The molecule has 2 N–H and O–H groups in total. The fraction of sp³-hybridized carbons (Fsp3) is 0.462. The number of fused-ring (bicyclic) bond motifs is 9. The molecule has 1 aliphatic carbocycles. The summed E-state index contributed by atoms with van der Waals surface area (Å²) < 4.78 is 27.6. The van der Waals surface area contributed by atoms with Crippen LogP contribution in [-0.4, -0.2) is 40.4 Å². The van der Waals surface area contributed by atoms with Gasteiger partial charge in [-0.3, -0.25) is 9.78 Å². The molecule has 7 rings (SSSR count). The first-order chi connectivity index (χ1) is 23.1. The van der Waals surface area contributed by atoms with Gasteiger partial charge in [0.1, 0.15) is 13.9 Å². The third-order valence-electron chi connectivity index (χ3n) is 11.7. The number of imidazole rings is 1. The van der Waals surface area contributed by atoms with Crippen molar-refractivity contribution in [3.8, 4) is 22.6 Å². The molecule has 2 bridgehead atoms. The smallest absolute Gasteiger partial charge is 0.254 e. The lowest BCUT2D eigenvalue weighted by molar-refractivity contribution is 0.0734. The number of aromatic nitrogens is 3. The van der Waals surface area contributed by atoms with Crippen molar-refractivity contribution in [2.75, 3.05) is 6.98 Å². The van der Waals surface area contributed by atoms with Gasteiger partial charge in [-0.25, -0.2) is 4.98 Å². The van der Waals surface area contributed by atoms with Crippen LogP contribution < -0.4 is 5.73 Å².